The average molecular weight is 348 g/mol. The van der Waals surface area contributed by atoms with E-state index in [9.17, 15) is 22.8 Å². The number of hydrogen-bond acceptors (Lipinski definition) is 6. The maximum atomic E-state index is 13.0. The van der Waals surface area contributed by atoms with Crippen molar-refractivity contribution in [2.24, 2.45) is 7.05 Å². The summed E-state index contributed by atoms with van der Waals surface area (Å²) in [5, 5.41) is 6.42. The molecular weight excluding hydrogens is 337 g/mol. The van der Waals surface area contributed by atoms with Crippen molar-refractivity contribution in [1.82, 2.24) is 14.8 Å². The van der Waals surface area contributed by atoms with E-state index in [0.29, 0.717) is 11.3 Å². The highest BCUT2D eigenvalue weighted by Crippen LogP contribution is 2.40. The molecule has 11 heteroatoms. The van der Waals surface area contributed by atoms with Crippen LogP contribution in [0.3, 0.4) is 0 Å². The number of esters is 1. The summed E-state index contributed by atoms with van der Waals surface area (Å²) in [5.41, 5.74) is -1.89. The SMILES string of the molecule is CCOC(=O)c1c(C(F)(F)F)csc1NC(=O)c1ncn(C)n1. The molecule has 0 fully saturated rings. The highest BCUT2D eigenvalue weighted by atomic mass is 32.1. The number of carbonyl (C=O) groups is 2. The Bertz CT molecular complexity index is 738. The van der Waals surface area contributed by atoms with Crippen LogP contribution in [-0.4, -0.2) is 33.2 Å². The van der Waals surface area contributed by atoms with Crippen LogP contribution in [0.25, 0.3) is 0 Å². The summed E-state index contributed by atoms with van der Waals surface area (Å²) in [7, 11) is 1.53. The predicted molar refractivity (Wildman–Crippen MR) is 74.2 cm³/mol. The molecule has 124 valence electrons. The Hall–Kier alpha value is -2.43. The Kier molecular flexibility index (Phi) is 4.68. The minimum absolute atomic E-state index is 0.0961. The van der Waals surface area contributed by atoms with E-state index >= 15 is 0 Å². The number of nitrogens with zero attached hydrogens (tertiary/aromatic N) is 3. The fraction of sp³-hybridized carbons (Fsp3) is 0.333. The molecule has 0 aliphatic rings. The molecule has 2 rings (SSSR count). The Morgan fingerprint density at radius 1 is 1.43 bits per heavy atom. The molecule has 0 bridgehead atoms. The van der Waals surface area contributed by atoms with Crippen molar-refractivity contribution in [2.45, 2.75) is 13.1 Å². The van der Waals surface area contributed by atoms with Crippen LogP contribution in [0.15, 0.2) is 11.7 Å². The number of rotatable bonds is 4. The molecule has 1 N–H and O–H groups in total. The van der Waals surface area contributed by atoms with Gasteiger partial charge in [0.05, 0.1) is 12.2 Å². The average Bonchev–Trinajstić information content (AvgIpc) is 3.04. The molecule has 0 unspecified atom stereocenters. The second-order valence-electron chi connectivity index (χ2n) is 4.27. The van der Waals surface area contributed by atoms with Crippen LogP contribution in [0.1, 0.15) is 33.5 Å². The van der Waals surface area contributed by atoms with Gasteiger partial charge in [-0.15, -0.1) is 16.4 Å². The minimum Gasteiger partial charge on any atom is -0.462 e. The standard InChI is InChI=1S/C12H11F3N4O3S/c1-3-22-11(21)7-6(12(13,14)15)4-23-10(7)17-9(20)8-16-5-19(2)18-8/h4-5H,3H2,1-2H3,(H,17,20). The molecule has 0 aliphatic carbocycles. The third-order valence-corrected chi connectivity index (χ3v) is 3.50. The van der Waals surface area contributed by atoms with Gasteiger partial charge in [0.1, 0.15) is 16.9 Å². The van der Waals surface area contributed by atoms with Gasteiger partial charge in [0.2, 0.25) is 5.82 Å². The van der Waals surface area contributed by atoms with Gasteiger partial charge in [0.15, 0.2) is 0 Å². The first kappa shape index (κ1) is 16.9. The van der Waals surface area contributed by atoms with E-state index in [2.05, 4.69) is 20.1 Å². The maximum Gasteiger partial charge on any atom is 0.418 e. The second-order valence-corrected chi connectivity index (χ2v) is 5.15. The number of halogens is 3. The van der Waals surface area contributed by atoms with Gasteiger partial charge in [-0.05, 0) is 6.92 Å². The molecule has 1 amide bonds. The Morgan fingerprint density at radius 2 is 2.13 bits per heavy atom. The van der Waals surface area contributed by atoms with Gasteiger partial charge >= 0.3 is 12.1 Å². The van der Waals surface area contributed by atoms with E-state index in [1.807, 2.05) is 0 Å². The van der Waals surface area contributed by atoms with E-state index in [-0.39, 0.29) is 17.4 Å². The van der Waals surface area contributed by atoms with Crippen molar-refractivity contribution in [1.29, 1.82) is 0 Å². The van der Waals surface area contributed by atoms with E-state index < -0.39 is 29.2 Å². The molecule has 2 aromatic heterocycles. The lowest BCUT2D eigenvalue weighted by atomic mass is 10.2. The van der Waals surface area contributed by atoms with Crippen molar-refractivity contribution in [2.75, 3.05) is 11.9 Å². The van der Waals surface area contributed by atoms with Crippen molar-refractivity contribution < 1.29 is 27.5 Å². The largest absolute Gasteiger partial charge is 0.462 e. The first-order chi connectivity index (χ1) is 10.7. The molecule has 2 heterocycles. The first-order valence-corrected chi connectivity index (χ1v) is 7.14. The summed E-state index contributed by atoms with van der Waals surface area (Å²) in [5.74, 6) is -2.22. The summed E-state index contributed by atoms with van der Waals surface area (Å²) < 4.78 is 44.8. The van der Waals surface area contributed by atoms with Crippen LogP contribution in [0.5, 0.6) is 0 Å². The number of alkyl halides is 3. The summed E-state index contributed by atoms with van der Waals surface area (Å²) in [6.45, 7) is 1.37. The predicted octanol–water partition coefficient (Wildman–Crippen LogP) is 2.32. The smallest absolute Gasteiger partial charge is 0.418 e. The molecule has 0 aromatic carbocycles. The van der Waals surface area contributed by atoms with Gasteiger partial charge in [-0.1, -0.05) is 0 Å². The van der Waals surface area contributed by atoms with Gasteiger partial charge in [-0.25, -0.2) is 9.78 Å². The van der Waals surface area contributed by atoms with E-state index in [4.69, 9.17) is 0 Å². The van der Waals surface area contributed by atoms with E-state index in [1.54, 1.807) is 0 Å². The van der Waals surface area contributed by atoms with Gasteiger partial charge in [0.25, 0.3) is 5.91 Å². The monoisotopic (exact) mass is 348 g/mol. The molecule has 0 atom stereocenters. The van der Waals surface area contributed by atoms with Crippen LogP contribution < -0.4 is 5.32 Å². The fourth-order valence-corrected chi connectivity index (χ4v) is 2.62. The number of aromatic nitrogens is 3. The molecule has 0 radical (unpaired) electrons. The fourth-order valence-electron chi connectivity index (χ4n) is 1.67. The highest BCUT2D eigenvalue weighted by Gasteiger charge is 2.39. The number of hydrogen-bond donors (Lipinski definition) is 1. The normalized spacial score (nSPS) is 11.3. The molecule has 0 saturated heterocycles. The summed E-state index contributed by atoms with van der Waals surface area (Å²) in [6.07, 6.45) is -3.48. The van der Waals surface area contributed by atoms with Gasteiger partial charge in [-0.2, -0.15) is 13.2 Å². The lowest BCUT2D eigenvalue weighted by Crippen LogP contribution is -2.18. The van der Waals surface area contributed by atoms with Crippen molar-refractivity contribution in [3.05, 3.63) is 28.7 Å². The van der Waals surface area contributed by atoms with Crippen LogP contribution in [0, 0.1) is 0 Å². The van der Waals surface area contributed by atoms with Gasteiger partial charge in [-0.3, -0.25) is 9.48 Å². The Morgan fingerprint density at radius 3 is 2.65 bits per heavy atom. The summed E-state index contributed by atoms with van der Waals surface area (Å²) in [6, 6.07) is 0. The Labute approximate surface area is 132 Å². The molecule has 23 heavy (non-hydrogen) atoms. The highest BCUT2D eigenvalue weighted by molar-refractivity contribution is 7.15. The van der Waals surface area contributed by atoms with Crippen LogP contribution in [0.4, 0.5) is 18.2 Å². The van der Waals surface area contributed by atoms with Crippen molar-refractivity contribution >= 4 is 28.2 Å². The molecular formula is C12H11F3N4O3S. The number of carbonyl (C=O) groups excluding carboxylic acids is 2. The van der Waals surface area contributed by atoms with Crippen LogP contribution in [-0.2, 0) is 18.0 Å². The van der Waals surface area contributed by atoms with Gasteiger partial charge in [0, 0.05) is 12.4 Å². The quantitative estimate of drug-likeness (QED) is 0.857. The second kappa shape index (κ2) is 6.36. The number of amides is 1. The lowest BCUT2D eigenvalue weighted by Gasteiger charge is -2.09. The summed E-state index contributed by atoms with van der Waals surface area (Å²) >= 11 is 0.572. The van der Waals surface area contributed by atoms with E-state index in [0.717, 1.165) is 5.38 Å². The van der Waals surface area contributed by atoms with Crippen LogP contribution >= 0.6 is 11.3 Å². The number of nitrogens with one attached hydrogen (secondary N) is 1. The van der Waals surface area contributed by atoms with Gasteiger partial charge < -0.3 is 10.1 Å². The third kappa shape index (κ3) is 3.67. The lowest BCUT2D eigenvalue weighted by molar-refractivity contribution is -0.137. The third-order valence-electron chi connectivity index (χ3n) is 2.61. The number of thiophene rings is 1. The number of ether oxygens (including phenoxy) is 1. The van der Waals surface area contributed by atoms with Crippen LogP contribution in [0.2, 0.25) is 0 Å². The molecule has 0 saturated carbocycles. The molecule has 0 aliphatic heterocycles. The molecule has 7 nitrogen and oxygen atoms in total. The molecule has 0 spiro atoms. The molecule has 2 aromatic rings. The summed E-state index contributed by atoms with van der Waals surface area (Å²) in [4.78, 5) is 27.4. The zero-order valence-electron chi connectivity index (χ0n) is 12.0. The minimum atomic E-state index is -4.75. The van der Waals surface area contributed by atoms with Crippen molar-refractivity contribution in [3.63, 3.8) is 0 Å². The Balaban J connectivity index is 2.36. The van der Waals surface area contributed by atoms with Crippen molar-refractivity contribution in [3.8, 4) is 0 Å². The maximum absolute atomic E-state index is 13.0. The number of aryl methyl sites for hydroxylation is 1. The van der Waals surface area contributed by atoms with E-state index in [1.165, 1.54) is 25.0 Å². The first-order valence-electron chi connectivity index (χ1n) is 6.26. The zero-order valence-corrected chi connectivity index (χ0v) is 12.8. The zero-order chi connectivity index (χ0) is 17.2. The number of anilines is 1. The topological polar surface area (TPSA) is 86.1 Å².